The Balaban J connectivity index is 2.68. The van der Waals surface area contributed by atoms with E-state index in [9.17, 15) is 4.79 Å². The van der Waals surface area contributed by atoms with Crippen LogP contribution in [0.1, 0.15) is 13.8 Å². The van der Waals surface area contributed by atoms with Crippen LogP contribution < -0.4 is 4.74 Å². The lowest BCUT2D eigenvalue weighted by molar-refractivity contribution is -0.111. The van der Waals surface area contributed by atoms with E-state index in [0.717, 1.165) is 10.6 Å². The Labute approximate surface area is 99.0 Å². The molecule has 0 amide bonds. The van der Waals surface area contributed by atoms with E-state index in [1.807, 2.05) is 31.2 Å². The first-order chi connectivity index (χ1) is 7.13. The standard InChI is InChI=1S/C11H13ClO2S/c1-3-14-9-5-4-6-10(7-9)15-8(2)11(12)13/h4-8H,3H2,1-2H3. The maximum Gasteiger partial charge on any atom is 0.234 e. The van der Waals surface area contributed by atoms with E-state index in [2.05, 4.69) is 0 Å². The molecule has 1 aromatic rings. The Kier molecular flexibility index (Phi) is 4.99. The highest BCUT2D eigenvalue weighted by Gasteiger charge is 2.11. The molecule has 4 heteroatoms. The van der Waals surface area contributed by atoms with Crippen molar-refractivity contribution in [2.45, 2.75) is 24.0 Å². The lowest BCUT2D eigenvalue weighted by Crippen LogP contribution is -2.04. The highest BCUT2D eigenvalue weighted by atomic mass is 35.5. The lowest BCUT2D eigenvalue weighted by atomic mass is 10.3. The zero-order chi connectivity index (χ0) is 11.3. The Morgan fingerprint density at radius 1 is 1.60 bits per heavy atom. The molecule has 15 heavy (non-hydrogen) atoms. The summed E-state index contributed by atoms with van der Waals surface area (Å²) in [6, 6.07) is 7.63. The molecule has 0 N–H and O–H groups in total. The van der Waals surface area contributed by atoms with Gasteiger partial charge in [0.15, 0.2) is 0 Å². The molecule has 0 bridgehead atoms. The van der Waals surface area contributed by atoms with Crippen LogP contribution in [0.25, 0.3) is 0 Å². The minimum atomic E-state index is -0.332. The quantitative estimate of drug-likeness (QED) is 0.587. The molecular formula is C11H13ClO2S. The second kappa shape index (κ2) is 6.03. The molecule has 1 rings (SSSR count). The van der Waals surface area contributed by atoms with Crippen molar-refractivity contribution in [1.82, 2.24) is 0 Å². The molecule has 0 aliphatic heterocycles. The van der Waals surface area contributed by atoms with Gasteiger partial charge in [0.25, 0.3) is 0 Å². The van der Waals surface area contributed by atoms with E-state index >= 15 is 0 Å². The van der Waals surface area contributed by atoms with Gasteiger partial charge < -0.3 is 4.74 Å². The third-order valence-corrected chi connectivity index (χ3v) is 3.30. The van der Waals surface area contributed by atoms with Crippen LogP contribution in [0, 0.1) is 0 Å². The number of carbonyl (C=O) groups is 1. The number of benzene rings is 1. The van der Waals surface area contributed by atoms with Gasteiger partial charge in [0, 0.05) is 4.90 Å². The first-order valence-corrected chi connectivity index (χ1v) is 5.98. The van der Waals surface area contributed by atoms with E-state index in [1.165, 1.54) is 11.8 Å². The van der Waals surface area contributed by atoms with Crippen molar-refractivity contribution in [3.63, 3.8) is 0 Å². The maximum absolute atomic E-state index is 10.9. The minimum Gasteiger partial charge on any atom is -0.494 e. The molecule has 1 atom stereocenters. The summed E-state index contributed by atoms with van der Waals surface area (Å²) in [7, 11) is 0. The Hall–Kier alpha value is -0.670. The van der Waals surface area contributed by atoms with E-state index in [-0.39, 0.29) is 10.5 Å². The zero-order valence-electron chi connectivity index (χ0n) is 8.70. The first kappa shape index (κ1) is 12.4. The van der Waals surface area contributed by atoms with Gasteiger partial charge in [-0.15, -0.1) is 11.8 Å². The van der Waals surface area contributed by atoms with Crippen molar-refractivity contribution < 1.29 is 9.53 Å². The average Bonchev–Trinajstić information content (AvgIpc) is 2.18. The largest absolute Gasteiger partial charge is 0.494 e. The Morgan fingerprint density at radius 2 is 2.33 bits per heavy atom. The number of hydrogen-bond acceptors (Lipinski definition) is 3. The molecule has 0 spiro atoms. The van der Waals surface area contributed by atoms with Crippen molar-refractivity contribution in [3.05, 3.63) is 24.3 Å². The highest BCUT2D eigenvalue weighted by molar-refractivity contribution is 8.00. The van der Waals surface area contributed by atoms with Crippen LogP contribution in [-0.2, 0) is 4.79 Å². The Morgan fingerprint density at radius 3 is 2.93 bits per heavy atom. The first-order valence-electron chi connectivity index (χ1n) is 4.72. The number of ether oxygens (including phenoxy) is 1. The number of halogens is 1. The summed E-state index contributed by atoms with van der Waals surface area (Å²) in [5.41, 5.74) is 0. The van der Waals surface area contributed by atoms with Crippen LogP contribution in [0.2, 0.25) is 0 Å². The third-order valence-electron chi connectivity index (χ3n) is 1.75. The third kappa shape index (κ3) is 4.14. The topological polar surface area (TPSA) is 26.3 Å². The lowest BCUT2D eigenvalue weighted by Gasteiger charge is -2.08. The van der Waals surface area contributed by atoms with E-state index in [0.29, 0.717) is 6.61 Å². The summed E-state index contributed by atoms with van der Waals surface area (Å²) in [6.45, 7) is 4.36. The van der Waals surface area contributed by atoms with Crippen LogP contribution in [0.4, 0.5) is 0 Å². The predicted molar refractivity (Wildman–Crippen MR) is 63.8 cm³/mol. The van der Waals surface area contributed by atoms with E-state index in [1.54, 1.807) is 6.92 Å². The normalized spacial score (nSPS) is 12.2. The number of hydrogen-bond donors (Lipinski definition) is 0. The van der Waals surface area contributed by atoms with Crippen molar-refractivity contribution in [3.8, 4) is 5.75 Å². The van der Waals surface area contributed by atoms with Crippen molar-refractivity contribution in [1.29, 1.82) is 0 Å². The molecule has 0 fully saturated rings. The monoisotopic (exact) mass is 244 g/mol. The van der Waals surface area contributed by atoms with Crippen molar-refractivity contribution >= 4 is 28.6 Å². The molecule has 0 aromatic heterocycles. The summed E-state index contributed by atoms with van der Waals surface area (Å²) in [6.07, 6.45) is 0. The van der Waals surface area contributed by atoms with Crippen LogP contribution in [0.15, 0.2) is 29.2 Å². The summed E-state index contributed by atoms with van der Waals surface area (Å²) in [5, 5.41) is -0.564. The minimum absolute atomic E-state index is 0.233. The van der Waals surface area contributed by atoms with Gasteiger partial charge in [-0.2, -0.15) is 0 Å². The van der Waals surface area contributed by atoms with Gasteiger partial charge >= 0.3 is 0 Å². The molecule has 2 nitrogen and oxygen atoms in total. The fourth-order valence-corrected chi connectivity index (χ4v) is 2.03. The fourth-order valence-electron chi connectivity index (χ4n) is 1.05. The molecule has 0 heterocycles. The molecule has 0 aliphatic rings. The second-order valence-electron chi connectivity index (χ2n) is 2.97. The van der Waals surface area contributed by atoms with Gasteiger partial charge in [-0.05, 0) is 43.6 Å². The Bertz CT molecular complexity index is 341. The summed E-state index contributed by atoms with van der Waals surface area (Å²) in [5.74, 6) is 0.816. The zero-order valence-corrected chi connectivity index (χ0v) is 10.3. The molecule has 0 saturated heterocycles. The smallest absolute Gasteiger partial charge is 0.234 e. The molecule has 1 unspecified atom stereocenters. The fraction of sp³-hybridized carbons (Fsp3) is 0.364. The summed E-state index contributed by atoms with van der Waals surface area (Å²) >= 11 is 6.82. The highest BCUT2D eigenvalue weighted by Crippen LogP contribution is 2.27. The van der Waals surface area contributed by atoms with Crippen molar-refractivity contribution in [2.75, 3.05) is 6.61 Å². The average molecular weight is 245 g/mol. The van der Waals surface area contributed by atoms with Gasteiger partial charge in [-0.3, -0.25) is 4.79 Å². The molecule has 82 valence electrons. The number of carbonyl (C=O) groups excluding carboxylic acids is 1. The molecule has 1 aromatic carbocycles. The van der Waals surface area contributed by atoms with Gasteiger partial charge in [0.2, 0.25) is 5.24 Å². The number of rotatable bonds is 5. The molecule has 0 aliphatic carbocycles. The summed E-state index contributed by atoms with van der Waals surface area (Å²) in [4.78, 5) is 11.9. The molecular weight excluding hydrogens is 232 g/mol. The predicted octanol–water partition coefficient (Wildman–Crippen LogP) is 3.33. The van der Waals surface area contributed by atoms with Crippen LogP contribution in [0.5, 0.6) is 5.75 Å². The van der Waals surface area contributed by atoms with E-state index in [4.69, 9.17) is 16.3 Å². The van der Waals surface area contributed by atoms with Gasteiger partial charge in [-0.25, -0.2) is 0 Å². The van der Waals surface area contributed by atoms with Gasteiger partial charge in [0.05, 0.1) is 11.9 Å². The maximum atomic E-state index is 10.9. The van der Waals surface area contributed by atoms with Crippen LogP contribution in [0.3, 0.4) is 0 Å². The van der Waals surface area contributed by atoms with Crippen LogP contribution >= 0.6 is 23.4 Å². The summed E-state index contributed by atoms with van der Waals surface area (Å²) < 4.78 is 5.36. The van der Waals surface area contributed by atoms with E-state index < -0.39 is 0 Å². The van der Waals surface area contributed by atoms with Gasteiger partial charge in [-0.1, -0.05) is 6.07 Å². The molecule has 0 saturated carbocycles. The number of thioether (sulfide) groups is 1. The molecule has 0 radical (unpaired) electrons. The van der Waals surface area contributed by atoms with Gasteiger partial charge in [0.1, 0.15) is 5.75 Å². The second-order valence-corrected chi connectivity index (χ2v) is 4.76. The van der Waals surface area contributed by atoms with Crippen molar-refractivity contribution in [2.24, 2.45) is 0 Å². The van der Waals surface area contributed by atoms with Crippen LogP contribution in [-0.4, -0.2) is 17.1 Å². The SMILES string of the molecule is CCOc1cccc(SC(C)C(=O)Cl)c1.